The van der Waals surface area contributed by atoms with Gasteiger partial charge in [0.15, 0.2) is 0 Å². The fraction of sp³-hybridized carbons (Fsp3) is 0.474. The zero-order valence-corrected chi connectivity index (χ0v) is 14.8. The highest BCUT2D eigenvalue weighted by atomic mass is 16.5. The number of amides is 2. The maximum absolute atomic E-state index is 12.4. The monoisotopic (exact) mass is 346 g/mol. The third-order valence-corrected chi connectivity index (χ3v) is 4.51. The Labute approximate surface area is 148 Å². The molecule has 1 atom stereocenters. The van der Waals surface area contributed by atoms with Crippen molar-refractivity contribution in [3.8, 4) is 0 Å². The highest BCUT2D eigenvalue weighted by Gasteiger charge is 2.31. The lowest BCUT2D eigenvalue weighted by Crippen LogP contribution is -2.44. The van der Waals surface area contributed by atoms with Crippen LogP contribution in [0.5, 0.6) is 0 Å². The number of rotatable bonds is 6. The van der Waals surface area contributed by atoms with Gasteiger partial charge in [-0.25, -0.2) is 0 Å². The van der Waals surface area contributed by atoms with Crippen LogP contribution in [-0.2, 0) is 9.53 Å². The van der Waals surface area contributed by atoms with Crippen molar-refractivity contribution in [2.45, 2.75) is 37.8 Å². The number of hydrogen-bond donors (Lipinski definition) is 2. The number of aliphatic hydroxyl groups is 1. The topological polar surface area (TPSA) is 78.9 Å². The summed E-state index contributed by atoms with van der Waals surface area (Å²) < 4.78 is 5.27. The van der Waals surface area contributed by atoms with Gasteiger partial charge < -0.3 is 20.1 Å². The van der Waals surface area contributed by atoms with E-state index in [1.807, 2.05) is 6.92 Å². The van der Waals surface area contributed by atoms with Gasteiger partial charge in [0.1, 0.15) is 0 Å². The molecule has 1 fully saturated rings. The minimum atomic E-state index is -0.775. The van der Waals surface area contributed by atoms with Crippen molar-refractivity contribution in [2.75, 3.05) is 25.2 Å². The molecular weight excluding hydrogens is 320 g/mol. The summed E-state index contributed by atoms with van der Waals surface area (Å²) in [6.07, 6.45) is 2.91. The van der Waals surface area contributed by atoms with Crippen LogP contribution >= 0.6 is 0 Å². The second kappa shape index (κ2) is 8.27. The quantitative estimate of drug-likeness (QED) is 0.771. The van der Waals surface area contributed by atoms with Crippen LogP contribution in [0.25, 0.3) is 0 Å². The number of nitrogens with zero attached hydrogens (tertiary/aromatic N) is 1. The summed E-state index contributed by atoms with van der Waals surface area (Å²) in [5.74, 6) is -0.414. The summed E-state index contributed by atoms with van der Waals surface area (Å²) in [5, 5.41) is 13.4. The van der Waals surface area contributed by atoms with Crippen molar-refractivity contribution < 1.29 is 19.4 Å². The molecule has 0 aromatic heterocycles. The SMILES string of the molecule is C=CC(=O)N(C)c1ccc(C(=O)NC(C)CC2(O)CCOCC2)cc1. The number of carbonyl (C=O) groups excluding carboxylic acids is 2. The van der Waals surface area contributed by atoms with E-state index in [4.69, 9.17) is 4.74 Å². The number of carbonyl (C=O) groups is 2. The van der Waals surface area contributed by atoms with Crippen molar-refractivity contribution >= 4 is 17.5 Å². The van der Waals surface area contributed by atoms with Gasteiger partial charge in [-0.1, -0.05) is 6.58 Å². The summed E-state index contributed by atoms with van der Waals surface area (Å²) in [6, 6.07) is 6.63. The van der Waals surface area contributed by atoms with Crippen molar-refractivity contribution in [3.63, 3.8) is 0 Å². The highest BCUT2D eigenvalue weighted by molar-refractivity contribution is 6.01. The van der Waals surface area contributed by atoms with Crippen LogP contribution in [-0.4, -0.2) is 48.8 Å². The van der Waals surface area contributed by atoms with Crippen molar-refractivity contribution in [2.24, 2.45) is 0 Å². The lowest BCUT2D eigenvalue weighted by atomic mass is 9.88. The fourth-order valence-electron chi connectivity index (χ4n) is 2.98. The zero-order chi connectivity index (χ0) is 18.4. The molecule has 2 amide bonds. The number of likely N-dealkylation sites (N-methyl/N-ethyl adjacent to an activating group) is 1. The molecule has 6 nitrogen and oxygen atoms in total. The summed E-state index contributed by atoms with van der Waals surface area (Å²) in [4.78, 5) is 25.4. The van der Waals surface area contributed by atoms with E-state index in [-0.39, 0.29) is 17.9 Å². The van der Waals surface area contributed by atoms with Gasteiger partial charge in [-0.3, -0.25) is 9.59 Å². The average Bonchev–Trinajstić information content (AvgIpc) is 2.60. The molecule has 0 spiro atoms. The predicted octanol–water partition coefficient (Wildman–Crippen LogP) is 1.89. The number of anilines is 1. The molecule has 0 aliphatic carbocycles. The summed E-state index contributed by atoms with van der Waals surface area (Å²) in [5.41, 5.74) is 0.419. The van der Waals surface area contributed by atoms with Crippen LogP contribution in [0.3, 0.4) is 0 Å². The van der Waals surface area contributed by atoms with Crippen molar-refractivity contribution in [1.82, 2.24) is 5.32 Å². The molecule has 1 aromatic rings. The Morgan fingerprint density at radius 2 is 1.96 bits per heavy atom. The van der Waals surface area contributed by atoms with Crippen molar-refractivity contribution in [3.05, 3.63) is 42.5 Å². The van der Waals surface area contributed by atoms with E-state index >= 15 is 0 Å². The molecule has 0 radical (unpaired) electrons. The zero-order valence-electron chi connectivity index (χ0n) is 14.8. The molecule has 1 aliphatic rings. The summed E-state index contributed by atoms with van der Waals surface area (Å²) in [7, 11) is 1.65. The molecular formula is C19H26N2O4. The van der Waals surface area contributed by atoms with Gasteiger partial charge in [-0.05, 0) is 56.5 Å². The molecule has 1 heterocycles. The lowest BCUT2D eigenvalue weighted by Gasteiger charge is -2.34. The summed E-state index contributed by atoms with van der Waals surface area (Å²) in [6.45, 7) is 6.44. The fourth-order valence-corrected chi connectivity index (χ4v) is 2.98. The standard InChI is InChI=1S/C19H26N2O4/c1-4-17(22)21(3)16-7-5-15(6-8-16)18(23)20-14(2)13-19(24)9-11-25-12-10-19/h4-8,14,24H,1,9-13H2,2-3H3,(H,20,23). The Morgan fingerprint density at radius 3 is 2.52 bits per heavy atom. The van der Waals surface area contributed by atoms with Gasteiger partial charge in [0.25, 0.3) is 5.91 Å². The number of ether oxygens (including phenoxy) is 1. The first kappa shape index (κ1) is 19.1. The molecule has 1 unspecified atom stereocenters. The molecule has 6 heteroatoms. The number of benzene rings is 1. The van der Waals surface area contributed by atoms with E-state index in [9.17, 15) is 14.7 Å². The third kappa shape index (κ3) is 5.14. The maximum Gasteiger partial charge on any atom is 0.251 e. The largest absolute Gasteiger partial charge is 0.390 e. The first-order valence-corrected chi connectivity index (χ1v) is 8.46. The molecule has 0 saturated carbocycles. The van der Waals surface area contributed by atoms with Gasteiger partial charge in [0.2, 0.25) is 5.91 Å². The normalized spacial score (nSPS) is 17.4. The van der Waals surface area contributed by atoms with E-state index in [0.717, 1.165) is 0 Å². The minimum Gasteiger partial charge on any atom is -0.390 e. The van der Waals surface area contributed by atoms with E-state index in [1.54, 1.807) is 31.3 Å². The Bertz CT molecular complexity index is 621. The second-order valence-corrected chi connectivity index (χ2v) is 6.56. The van der Waals surface area contributed by atoms with Crippen LogP contribution in [0.4, 0.5) is 5.69 Å². The molecule has 1 aliphatic heterocycles. The number of nitrogens with one attached hydrogen (secondary N) is 1. The molecule has 2 rings (SSSR count). The smallest absolute Gasteiger partial charge is 0.251 e. The first-order chi connectivity index (χ1) is 11.8. The Morgan fingerprint density at radius 1 is 1.36 bits per heavy atom. The molecule has 1 saturated heterocycles. The van der Waals surface area contributed by atoms with Gasteiger partial charge in [-0.2, -0.15) is 0 Å². The molecule has 1 aromatic carbocycles. The second-order valence-electron chi connectivity index (χ2n) is 6.56. The Kier molecular flexibility index (Phi) is 6.33. The van der Waals surface area contributed by atoms with E-state index in [1.165, 1.54) is 11.0 Å². The highest BCUT2D eigenvalue weighted by Crippen LogP contribution is 2.25. The molecule has 25 heavy (non-hydrogen) atoms. The maximum atomic E-state index is 12.4. The van der Waals surface area contributed by atoms with E-state index < -0.39 is 5.60 Å². The number of hydrogen-bond acceptors (Lipinski definition) is 4. The van der Waals surface area contributed by atoms with Crippen molar-refractivity contribution in [1.29, 1.82) is 0 Å². The Balaban J connectivity index is 1.93. The molecule has 0 bridgehead atoms. The first-order valence-electron chi connectivity index (χ1n) is 8.46. The van der Waals surface area contributed by atoms with Crippen LogP contribution in [0.15, 0.2) is 36.9 Å². The van der Waals surface area contributed by atoms with E-state index in [2.05, 4.69) is 11.9 Å². The van der Waals surface area contributed by atoms with Gasteiger partial charge >= 0.3 is 0 Å². The third-order valence-electron chi connectivity index (χ3n) is 4.51. The van der Waals surface area contributed by atoms with Gasteiger partial charge in [0.05, 0.1) is 5.60 Å². The predicted molar refractivity (Wildman–Crippen MR) is 96.6 cm³/mol. The van der Waals surface area contributed by atoms with Gasteiger partial charge in [0, 0.05) is 37.6 Å². The molecule has 136 valence electrons. The van der Waals surface area contributed by atoms with Crippen LogP contribution < -0.4 is 10.2 Å². The minimum absolute atomic E-state index is 0.153. The average molecular weight is 346 g/mol. The van der Waals surface area contributed by atoms with Crippen LogP contribution in [0.1, 0.15) is 36.5 Å². The van der Waals surface area contributed by atoms with Crippen LogP contribution in [0.2, 0.25) is 0 Å². The Hall–Kier alpha value is -2.18. The van der Waals surface area contributed by atoms with E-state index in [0.29, 0.717) is 43.7 Å². The lowest BCUT2D eigenvalue weighted by molar-refractivity contribution is -0.113. The summed E-state index contributed by atoms with van der Waals surface area (Å²) >= 11 is 0. The van der Waals surface area contributed by atoms with Gasteiger partial charge in [-0.15, -0.1) is 0 Å². The van der Waals surface area contributed by atoms with Crippen LogP contribution in [0, 0.1) is 0 Å². The molecule has 2 N–H and O–H groups in total.